The zero-order valence-corrected chi connectivity index (χ0v) is 68.3. The van der Waals surface area contributed by atoms with E-state index in [9.17, 15) is 0 Å². The predicted octanol–water partition coefficient (Wildman–Crippen LogP) is 11.6. The summed E-state index contributed by atoms with van der Waals surface area (Å²) in [5.74, 6) is 10.9. The van der Waals surface area contributed by atoms with E-state index in [2.05, 4.69) is 286 Å². The molecular weight excluding hydrogens is 1480 g/mol. The number of anilines is 11. The molecule has 0 spiro atoms. The van der Waals surface area contributed by atoms with Crippen molar-refractivity contribution < 1.29 is 21.8 Å². The molecule has 0 amide bonds. The van der Waals surface area contributed by atoms with Crippen LogP contribution in [0, 0.1) is 27.7 Å². The molecule has 8 aliphatic heterocycles. The lowest BCUT2D eigenvalue weighted by atomic mass is 9.69. The van der Waals surface area contributed by atoms with Crippen molar-refractivity contribution in [3.8, 4) is 0 Å². The van der Waals surface area contributed by atoms with Crippen molar-refractivity contribution in [1.82, 2.24) is 49.1 Å². The van der Waals surface area contributed by atoms with Gasteiger partial charge in [-0.05, 0) is 217 Å². The summed E-state index contributed by atoms with van der Waals surface area (Å²) in [4.78, 5) is 54.4. The molecule has 22 nitrogen and oxygen atoms in total. The van der Waals surface area contributed by atoms with Crippen LogP contribution in [-0.4, -0.2) is 137 Å². The third-order valence-electron chi connectivity index (χ3n) is 24.0. The lowest BCUT2D eigenvalue weighted by Gasteiger charge is -2.37. The highest BCUT2D eigenvalue weighted by Crippen LogP contribution is 2.48. The number of hydrogen-bond acceptors (Lipinski definition) is 22. The van der Waals surface area contributed by atoms with Crippen molar-refractivity contribution in [2.75, 3.05) is 74.0 Å². The van der Waals surface area contributed by atoms with Crippen LogP contribution in [0.25, 0.3) is 93.1 Å². The second-order valence-corrected chi connectivity index (χ2v) is 31.6. The van der Waals surface area contributed by atoms with E-state index in [4.69, 9.17) is 31.7 Å². The van der Waals surface area contributed by atoms with Crippen LogP contribution in [0.1, 0.15) is 54.6 Å². The highest BCUT2D eigenvalue weighted by atomic mass is 16.3. The molecule has 0 fully saturated rings. The molecule has 0 saturated heterocycles. The van der Waals surface area contributed by atoms with E-state index in [0.29, 0.717) is 22.9 Å². The van der Waals surface area contributed by atoms with Gasteiger partial charge in [-0.3, -0.25) is 0 Å². The van der Waals surface area contributed by atoms with Gasteiger partial charge in [0.2, 0.25) is 22.9 Å². The first kappa shape index (κ1) is 70.4. The van der Waals surface area contributed by atoms with E-state index in [-0.39, 0.29) is 52.6 Å². The number of aromatic nitrogens is 6. The molecule has 0 N–H and O–H groups in total. The minimum absolute atomic E-state index is 0.00744. The van der Waals surface area contributed by atoms with Crippen molar-refractivity contribution in [2.24, 2.45) is 0 Å². The number of rotatable bonds is 7. The summed E-state index contributed by atoms with van der Waals surface area (Å²) in [6.45, 7) is 14.2. The molecule has 10 aromatic heterocycles. The van der Waals surface area contributed by atoms with Crippen molar-refractivity contribution in [1.29, 1.82) is 0 Å². The summed E-state index contributed by atoms with van der Waals surface area (Å²) in [5.41, 5.74) is 19.6. The van der Waals surface area contributed by atoms with Gasteiger partial charge in [0.1, 0.15) is 5.82 Å². The predicted molar refractivity (Wildman–Crippen MR) is 485 cm³/mol. The van der Waals surface area contributed by atoms with Gasteiger partial charge >= 0.3 is 27.9 Å². The first-order valence-corrected chi connectivity index (χ1v) is 40.4. The fraction of sp³-hybridized carbons (Fsp3) is 0.183. The van der Waals surface area contributed by atoms with Crippen molar-refractivity contribution in [2.45, 2.75) is 80.1 Å². The van der Waals surface area contributed by atoms with E-state index in [1.807, 2.05) is 144 Å². The Bertz CT molecular complexity index is 6670. The summed E-state index contributed by atoms with van der Waals surface area (Å²) in [6.07, 6.45) is 11.9. The number of nitrogens with zero attached hydrogens (tertiary/aromatic N) is 18. The number of aryl methyl sites for hydroxylation is 4. The quantitative estimate of drug-likeness (QED) is 0.138. The van der Waals surface area contributed by atoms with E-state index in [1.165, 1.54) is 22.0 Å². The summed E-state index contributed by atoms with van der Waals surface area (Å²) in [7, 11) is 8.25. The topological polar surface area (TPSA) is 169 Å². The molecule has 8 aliphatic rings. The maximum absolute atomic E-state index is 8.04. The van der Waals surface area contributed by atoms with Crippen LogP contribution in [-0.2, 0) is 0 Å². The zero-order chi connectivity index (χ0) is 83.8. The highest BCUT2D eigenvalue weighted by molar-refractivity contribution is 6.77. The maximum atomic E-state index is 8.04. The Morgan fingerprint density at radius 2 is 0.605 bits per heavy atom. The fourth-order valence-corrected chi connectivity index (χ4v) is 18.4. The van der Waals surface area contributed by atoms with Gasteiger partial charge in [0.05, 0.1) is 58.8 Å². The van der Waals surface area contributed by atoms with Gasteiger partial charge in [-0.1, -0.05) is 103 Å². The number of pyridine rings is 6. The maximum Gasteiger partial charge on any atom is 0.406 e. The van der Waals surface area contributed by atoms with E-state index >= 15 is 0 Å². The standard InChI is InChI=1S/C25H23BN4O.2C24H22BN5O.C20H21BN4O/c1-17-13-14-20-21-15-26(28(3)16-24(21)31-25(20)27-17)30-18(2)29(19-9-5-4-6-10-19)22-11-7-8-12-23(22)30;1-16-11-12-19-20-14-25(28(3)15-22(20)31-24(19)27-16)30-17(2)29(18-8-5-4-6-9-18)23-21(30)10-7-13-26-23;1-16-11-12-19-20-14-25(28(3)15-22(20)31-24(19)27-16)30-17(2)29(18-8-5-4-6-9-18)21-10-7-13-26-23(21)30;1-13-9-10-15-16-11-21(23(3)12-19(16)26-20(15)22-13)25-14(2)24(4)17-7-5-6-8-18(17)25/h4-16,18H,1-3H3;2*4-15,17H,1-3H3;5-12,14H,1-4H3/t18-;2*17-;14-/m0000/s1/i;;;4D3. The Kier molecular flexibility index (Phi) is 17.3. The van der Waals surface area contributed by atoms with Gasteiger partial charge < -0.3 is 75.8 Å². The molecular formula is C93H88B4N18O4. The van der Waals surface area contributed by atoms with Gasteiger partial charge in [0.25, 0.3) is 0 Å². The summed E-state index contributed by atoms with van der Waals surface area (Å²) in [5, 5.41) is 8.43. The molecule has 5 aromatic carbocycles. The van der Waals surface area contributed by atoms with E-state index in [0.717, 1.165) is 133 Å². The van der Waals surface area contributed by atoms with Gasteiger partial charge in [-0.2, -0.15) is 0 Å². The number of furan rings is 4. The Morgan fingerprint density at radius 1 is 0.303 bits per heavy atom. The minimum atomic E-state index is -2.23. The molecule has 15 aromatic rings. The molecule has 0 saturated carbocycles. The van der Waals surface area contributed by atoms with Gasteiger partial charge in [0, 0.05) is 131 Å². The average Bonchev–Trinajstić information content (AvgIpc) is 1.67. The Labute approximate surface area is 695 Å². The third kappa shape index (κ3) is 12.5. The van der Waals surface area contributed by atoms with Crippen LogP contribution >= 0.6 is 0 Å². The van der Waals surface area contributed by atoms with Gasteiger partial charge in [-0.25, -0.2) is 29.9 Å². The largest absolute Gasteiger partial charge is 0.436 e. The lowest BCUT2D eigenvalue weighted by Crippen LogP contribution is -2.56. The van der Waals surface area contributed by atoms with Crippen molar-refractivity contribution in [3.05, 3.63) is 290 Å². The van der Waals surface area contributed by atoms with E-state index in [1.54, 1.807) is 0 Å². The van der Waals surface area contributed by atoms with Gasteiger partial charge in [0.15, 0.2) is 27.5 Å². The van der Waals surface area contributed by atoms with Crippen LogP contribution < -0.4 is 81.4 Å². The highest BCUT2D eigenvalue weighted by Gasteiger charge is 2.47. The Balaban J connectivity index is 0.000000104. The van der Waals surface area contributed by atoms with Crippen LogP contribution in [0.4, 0.5) is 62.8 Å². The number of benzene rings is 5. The van der Waals surface area contributed by atoms with Crippen LogP contribution in [0.3, 0.4) is 0 Å². The number of hydrogen-bond donors (Lipinski definition) is 0. The first-order valence-electron chi connectivity index (χ1n) is 41.9. The molecule has 586 valence electrons. The number of para-hydroxylation sites is 7. The summed E-state index contributed by atoms with van der Waals surface area (Å²) >= 11 is 0. The minimum Gasteiger partial charge on any atom is -0.436 e. The molecule has 0 bridgehead atoms. The lowest BCUT2D eigenvalue weighted by molar-refractivity contribution is 0.550. The Hall–Kier alpha value is -14.0. The normalized spacial score (nSPS) is 18.2. The zero-order valence-electron chi connectivity index (χ0n) is 71.3. The smallest absolute Gasteiger partial charge is 0.406 e. The average molecular weight is 1570 g/mol. The Morgan fingerprint density at radius 3 is 1.02 bits per heavy atom. The second-order valence-electron chi connectivity index (χ2n) is 31.6. The molecule has 0 radical (unpaired) electrons. The van der Waals surface area contributed by atoms with Crippen molar-refractivity contribution in [3.63, 3.8) is 0 Å². The molecule has 4 atom stereocenters. The molecule has 0 unspecified atom stereocenters. The molecule has 18 heterocycles. The summed E-state index contributed by atoms with van der Waals surface area (Å²) in [6, 6.07) is 72.6. The van der Waals surface area contributed by atoms with Crippen LogP contribution in [0.15, 0.2) is 242 Å². The third-order valence-corrected chi connectivity index (χ3v) is 24.0. The molecule has 119 heavy (non-hydrogen) atoms. The van der Waals surface area contributed by atoms with E-state index < -0.39 is 6.98 Å². The monoisotopic (exact) mass is 1570 g/mol. The van der Waals surface area contributed by atoms with Crippen molar-refractivity contribution >= 4 is 184 Å². The van der Waals surface area contributed by atoms with Crippen LogP contribution in [0.5, 0.6) is 0 Å². The molecule has 0 aliphatic carbocycles. The molecule has 26 heteroatoms. The number of fused-ring (bicyclic) bond motifs is 16. The SMILES string of the molecule is Cc1ccc2c3c(oc2n1)=CN(C)B(N1c2ccccc2N(c2ccccc2)[C@@H]1C)C=3.Cc1ccc2c3c(oc2n1)=CN(C)B(N1c2cccnc2N(c2ccccc2)[C@@H]1C)C=3.Cc1ccc2c3c(oc2n1)=CN(C)B(N1c2ncccc2N(c2ccccc2)[C@@H]1C)C=3.[2H]C([2H])([2H])N1c2ccccc2N(B2C=c3c(oc4nc(C)ccc34)=CN2C)[C@H]1C. The van der Waals surface area contributed by atoms with Crippen LogP contribution in [0.2, 0.25) is 0 Å². The fourth-order valence-electron chi connectivity index (χ4n) is 18.4. The first-order chi connectivity index (χ1) is 59.1. The summed E-state index contributed by atoms with van der Waals surface area (Å²) < 4.78 is 48.3. The van der Waals surface area contributed by atoms with Gasteiger partial charge in [-0.15, -0.1) is 0 Å². The molecule has 23 rings (SSSR count). The second kappa shape index (κ2) is 29.3.